The minimum atomic E-state index is -0.162. The number of halogens is 1. The molecule has 3 nitrogen and oxygen atoms in total. The molecule has 4 heteroatoms. The lowest BCUT2D eigenvalue weighted by Crippen LogP contribution is -2.34. The van der Waals surface area contributed by atoms with Crippen LogP contribution in [0.1, 0.15) is 12.1 Å². The molecule has 1 aliphatic heterocycles. The van der Waals surface area contributed by atoms with Crippen molar-refractivity contribution in [3.63, 3.8) is 0 Å². The molecule has 0 aliphatic carbocycles. The third-order valence-electron chi connectivity index (χ3n) is 3.65. The van der Waals surface area contributed by atoms with Crippen LogP contribution in [0.2, 0.25) is 0 Å². The average molecular weight is 247 g/mol. The molecule has 1 aliphatic rings. The summed E-state index contributed by atoms with van der Waals surface area (Å²) in [7, 11) is 0. The zero-order chi connectivity index (χ0) is 12.5. The lowest BCUT2D eigenvalue weighted by Gasteiger charge is -2.28. The monoisotopic (exact) mass is 247 g/mol. The number of nitrogens with two attached hydrogens (primary N) is 1. The summed E-state index contributed by atoms with van der Waals surface area (Å²) in [4.78, 5) is 2.41. The molecule has 2 aromatic rings. The first-order valence-corrected chi connectivity index (χ1v) is 6.48. The normalized spacial score (nSPS) is 16.1. The number of aromatic nitrogens is 1. The highest BCUT2D eigenvalue weighted by molar-refractivity contribution is 5.81. The van der Waals surface area contributed by atoms with E-state index in [1.54, 1.807) is 6.07 Å². The number of hydrogen-bond acceptors (Lipinski definition) is 2. The topological polar surface area (TPSA) is 34.2 Å². The molecular weight excluding hydrogens is 229 g/mol. The highest BCUT2D eigenvalue weighted by atomic mass is 19.1. The number of nitrogens with zero attached hydrogens (tertiary/aromatic N) is 2. The van der Waals surface area contributed by atoms with E-state index in [-0.39, 0.29) is 5.82 Å². The fourth-order valence-electron chi connectivity index (χ4n) is 2.75. The fraction of sp³-hybridized carbons (Fsp3) is 0.429. The van der Waals surface area contributed by atoms with Gasteiger partial charge < -0.3 is 10.3 Å². The predicted molar refractivity (Wildman–Crippen MR) is 70.8 cm³/mol. The molecule has 1 aromatic carbocycles. The molecule has 0 fully saturated rings. The van der Waals surface area contributed by atoms with E-state index in [1.807, 2.05) is 6.07 Å². The number of fused-ring (bicyclic) bond motifs is 3. The molecule has 0 saturated carbocycles. The van der Waals surface area contributed by atoms with Crippen molar-refractivity contribution in [2.75, 3.05) is 19.6 Å². The second-order valence-electron chi connectivity index (χ2n) is 4.91. The van der Waals surface area contributed by atoms with Gasteiger partial charge >= 0.3 is 0 Å². The van der Waals surface area contributed by atoms with Gasteiger partial charge in [-0.15, -0.1) is 0 Å². The molecule has 0 radical (unpaired) electrons. The van der Waals surface area contributed by atoms with Crippen molar-refractivity contribution in [1.29, 1.82) is 0 Å². The molecule has 0 bridgehead atoms. The highest BCUT2D eigenvalue weighted by Crippen LogP contribution is 2.24. The first kappa shape index (κ1) is 11.7. The van der Waals surface area contributed by atoms with E-state index in [1.165, 1.54) is 11.8 Å². The lowest BCUT2D eigenvalue weighted by molar-refractivity contribution is 0.222. The molecule has 96 valence electrons. The molecule has 2 N–H and O–H groups in total. The van der Waals surface area contributed by atoms with Gasteiger partial charge in [0.2, 0.25) is 0 Å². The van der Waals surface area contributed by atoms with Gasteiger partial charge in [0.1, 0.15) is 5.82 Å². The first-order valence-electron chi connectivity index (χ1n) is 6.48. The van der Waals surface area contributed by atoms with E-state index in [2.05, 4.69) is 15.5 Å². The molecule has 0 atom stereocenters. The molecule has 0 saturated heterocycles. The number of hydrogen-bond donors (Lipinski definition) is 1. The Kier molecular flexibility index (Phi) is 3.06. The summed E-state index contributed by atoms with van der Waals surface area (Å²) >= 11 is 0. The summed E-state index contributed by atoms with van der Waals surface area (Å²) < 4.78 is 15.5. The third-order valence-corrected chi connectivity index (χ3v) is 3.65. The molecule has 2 heterocycles. The summed E-state index contributed by atoms with van der Waals surface area (Å²) in [6.45, 7) is 4.76. The van der Waals surface area contributed by atoms with E-state index in [4.69, 9.17) is 5.73 Å². The summed E-state index contributed by atoms with van der Waals surface area (Å²) in [5, 5.41) is 1.01. The van der Waals surface area contributed by atoms with E-state index in [9.17, 15) is 4.39 Å². The molecule has 3 rings (SSSR count). The highest BCUT2D eigenvalue weighted by Gasteiger charge is 2.18. The number of rotatable bonds is 3. The van der Waals surface area contributed by atoms with Crippen LogP contribution in [0.4, 0.5) is 4.39 Å². The van der Waals surface area contributed by atoms with Crippen molar-refractivity contribution >= 4 is 10.9 Å². The Hall–Kier alpha value is -1.39. The van der Waals surface area contributed by atoms with Gasteiger partial charge in [0, 0.05) is 36.2 Å². The Morgan fingerprint density at radius 2 is 2.11 bits per heavy atom. The molecule has 0 unspecified atom stereocenters. The maximum atomic E-state index is 13.2. The van der Waals surface area contributed by atoms with E-state index in [0.717, 1.165) is 50.0 Å². The maximum absolute atomic E-state index is 13.2. The van der Waals surface area contributed by atoms with Crippen molar-refractivity contribution in [2.45, 2.75) is 19.5 Å². The van der Waals surface area contributed by atoms with Gasteiger partial charge in [-0.05, 0) is 43.8 Å². The van der Waals surface area contributed by atoms with Gasteiger partial charge in [0.05, 0.1) is 0 Å². The van der Waals surface area contributed by atoms with Gasteiger partial charge in [-0.3, -0.25) is 4.90 Å². The van der Waals surface area contributed by atoms with Crippen LogP contribution in [0.5, 0.6) is 0 Å². The molecule has 0 amide bonds. The molecule has 0 spiro atoms. The Morgan fingerprint density at radius 1 is 1.22 bits per heavy atom. The zero-order valence-electron chi connectivity index (χ0n) is 10.4. The van der Waals surface area contributed by atoms with E-state index < -0.39 is 0 Å². The van der Waals surface area contributed by atoms with Crippen molar-refractivity contribution < 1.29 is 4.39 Å². The smallest absolute Gasteiger partial charge is 0.123 e. The summed E-state index contributed by atoms with van der Waals surface area (Å²) in [5.74, 6) is -0.162. The van der Waals surface area contributed by atoms with Gasteiger partial charge in [0.25, 0.3) is 0 Å². The maximum Gasteiger partial charge on any atom is 0.123 e. The molecular formula is C14H18FN3. The quantitative estimate of drug-likeness (QED) is 0.899. The Bertz CT molecular complexity index is 561. The largest absolute Gasteiger partial charge is 0.342 e. The first-order chi connectivity index (χ1) is 8.78. The van der Waals surface area contributed by atoms with Crippen molar-refractivity contribution in [3.8, 4) is 0 Å². The number of benzene rings is 1. The van der Waals surface area contributed by atoms with Gasteiger partial charge in [-0.25, -0.2) is 4.39 Å². The average Bonchev–Trinajstić information content (AvgIpc) is 2.72. The minimum Gasteiger partial charge on any atom is -0.342 e. The van der Waals surface area contributed by atoms with E-state index >= 15 is 0 Å². The molecule has 18 heavy (non-hydrogen) atoms. The summed E-state index contributed by atoms with van der Waals surface area (Å²) in [6.07, 6.45) is 1.04. The van der Waals surface area contributed by atoms with Gasteiger partial charge in [0.15, 0.2) is 0 Å². The van der Waals surface area contributed by atoms with Crippen molar-refractivity contribution in [2.24, 2.45) is 5.73 Å². The Labute approximate surface area is 106 Å². The van der Waals surface area contributed by atoms with Crippen LogP contribution in [0.3, 0.4) is 0 Å². The van der Waals surface area contributed by atoms with Crippen LogP contribution in [0.15, 0.2) is 24.3 Å². The van der Waals surface area contributed by atoms with Gasteiger partial charge in [-0.1, -0.05) is 0 Å². The summed E-state index contributed by atoms with van der Waals surface area (Å²) in [6, 6.07) is 7.14. The van der Waals surface area contributed by atoms with Crippen LogP contribution >= 0.6 is 0 Å². The predicted octanol–water partition coefficient (Wildman–Crippen LogP) is 1.94. The van der Waals surface area contributed by atoms with Crippen molar-refractivity contribution in [3.05, 3.63) is 35.8 Å². The fourth-order valence-corrected chi connectivity index (χ4v) is 2.75. The van der Waals surface area contributed by atoms with E-state index in [0.29, 0.717) is 0 Å². The standard InChI is InChI=1S/C14H18FN3/c15-12-2-3-14-11(8-12)9-13-10-17(5-1-4-16)6-7-18(13)14/h2-3,8-9H,1,4-7,10,16H2. The van der Waals surface area contributed by atoms with Crippen molar-refractivity contribution in [1.82, 2.24) is 9.47 Å². The Balaban J connectivity index is 1.90. The minimum absolute atomic E-state index is 0.162. The second kappa shape index (κ2) is 4.71. The summed E-state index contributed by atoms with van der Waals surface area (Å²) in [5.41, 5.74) is 7.96. The van der Waals surface area contributed by atoms with Crippen LogP contribution in [0, 0.1) is 5.82 Å². The molecule has 1 aromatic heterocycles. The van der Waals surface area contributed by atoms with Crippen LogP contribution in [0.25, 0.3) is 10.9 Å². The Morgan fingerprint density at radius 3 is 2.94 bits per heavy atom. The lowest BCUT2D eigenvalue weighted by atomic mass is 10.2. The van der Waals surface area contributed by atoms with Crippen LogP contribution < -0.4 is 5.73 Å². The SMILES string of the molecule is NCCCN1CCn2c(cc3cc(F)ccc32)C1. The third kappa shape index (κ3) is 2.02. The van der Waals surface area contributed by atoms with Gasteiger partial charge in [-0.2, -0.15) is 0 Å². The van der Waals surface area contributed by atoms with Crippen LogP contribution in [-0.4, -0.2) is 29.1 Å². The second-order valence-corrected chi connectivity index (χ2v) is 4.91. The zero-order valence-corrected chi connectivity index (χ0v) is 10.4. The van der Waals surface area contributed by atoms with Crippen LogP contribution in [-0.2, 0) is 13.1 Å².